The zero-order valence-corrected chi connectivity index (χ0v) is 10.1. The molecule has 0 fully saturated rings. The van der Waals surface area contributed by atoms with Crippen molar-refractivity contribution in [1.29, 1.82) is 15.8 Å². The topological polar surface area (TPSA) is 141 Å². The minimum Gasteiger partial charge on any atom is -0.396 e. The molecule has 1 rings (SSSR count). The summed E-state index contributed by atoms with van der Waals surface area (Å²) < 4.78 is 0. The number of allylic oxidation sites excluding steroid dienone is 2. The first-order valence-corrected chi connectivity index (χ1v) is 5.20. The molecule has 0 unspecified atom stereocenters. The van der Waals surface area contributed by atoms with E-state index in [9.17, 15) is 10.1 Å². The molecule has 1 aromatic carbocycles. The van der Waals surface area contributed by atoms with Gasteiger partial charge in [-0.15, -0.1) is 0 Å². The minimum absolute atomic E-state index is 0.108. The Hall–Kier alpha value is -3.63. The van der Waals surface area contributed by atoms with E-state index < -0.39 is 4.92 Å². The van der Waals surface area contributed by atoms with E-state index in [2.05, 4.69) is 0 Å². The molecule has 0 saturated carbocycles. The first-order valence-electron chi connectivity index (χ1n) is 5.20. The first-order chi connectivity index (χ1) is 9.53. The van der Waals surface area contributed by atoms with E-state index >= 15 is 0 Å². The lowest BCUT2D eigenvalue weighted by atomic mass is 10.1. The normalized spacial score (nSPS) is 9.75. The van der Waals surface area contributed by atoms with Crippen LogP contribution in [-0.2, 0) is 0 Å². The Balaban J connectivity index is 3.35. The maximum Gasteiger partial charge on any atom is 0.270 e. The van der Waals surface area contributed by atoms with Crippen molar-refractivity contribution in [3.05, 3.63) is 56.8 Å². The van der Waals surface area contributed by atoms with Crippen LogP contribution in [0, 0.1) is 44.1 Å². The number of non-ortho nitro benzene ring substituents is 1. The molecular formula is C13H7N5O2. The number of hydrogen-bond donors (Lipinski definition) is 1. The Morgan fingerprint density at radius 1 is 1.25 bits per heavy atom. The van der Waals surface area contributed by atoms with Gasteiger partial charge in [0.25, 0.3) is 5.69 Å². The molecule has 2 N–H and O–H groups in total. The summed E-state index contributed by atoms with van der Waals surface area (Å²) in [6.07, 6.45) is 1.27. The molecule has 0 atom stereocenters. The monoisotopic (exact) mass is 265 g/mol. The predicted octanol–water partition coefficient (Wildman–Crippen LogP) is 1.76. The standard InChI is InChI=1S/C13H7N5O2/c14-6-10(13(17)11(7-15)8-16)4-9-2-1-3-12(5-9)18(19)20/h1-5H,17H2/b10-4-. The van der Waals surface area contributed by atoms with Gasteiger partial charge in [0.1, 0.15) is 18.2 Å². The van der Waals surface area contributed by atoms with E-state index in [0.29, 0.717) is 5.56 Å². The molecule has 0 aliphatic carbocycles. The minimum atomic E-state index is -0.571. The van der Waals surface area contributed by atoms with E-state index in [0.717, 1.165) is 0 Å². The van der Waals surface area contributed by atoms with Crippen molar-refractivity contribution < 1.29 is 4.92 Å². The lowest BCUT2D eigenvalue weighted by Crippen LogP contribution is -2.03. The van der Waals surface area contributed by atoms with Crippen molar-refractivity contribution in [2.45, 2.75) is 0 Å². The fraction of sp³-hybridized carbons (Fsp3) is 0. The van der Waals surface area contributed by atoms with Crippen molar-refractivity contribution in [3.63, 3.8) is 0 Å². The Morgan fingerprint density at radius 3 is 2.40 bits per heavy atom. The third-order valence-electron chi connectivity index (χ3n) is 2.30. The molecule has 1 aromatic rings. The summed E-state index contributed by atoms with van der Waals surface area (Å²) in [6, 6.07) is 10.5. The van der Waals surface area contributed by atoms with Gasteiger partial charge in [0.15, 0.2) is 5.57 Å². The summed E-state index contributed by atoms with van der Waals surface area (Å²) in [6.45, 7) is 0. The molecule has 7 heteroatoms. The van der Waals surface area contributed by atoms with Crippen molar-refractivity contribution in [2.75, 3.05) is 0 Å². The quantitative estimate of drug-likeness (QED) is 0.382. The number of nitrogens with two attached hydrogens (primary N) is 1. The molecule has 0 aliphatic rings. The summed E-state index contributed by atoms with van der Waals surface area (Å²) in [7, 11) is 0. The molecule has 20 heavy (non-hydrogen) atoms. The number of rotatable bonds is 3. The van der Waals surface area contributed by atoms with Gasteiger partial charge in [-0.25, -0.2) is 0 Å². The first kappa shape index (κ1) is 14.4. The summed E-state index contributed by atoms with van der Waals surface area (Å²) in [5.41, 5.74) is 5.03. The number of nitro benzene ring substituents is 1. The molecule has 0 heterocycles. The van der Waals surface area contributed by atoms with E-state index in [-0.39, 0.29) is 22.5 Å². The van der Waals surface area contributed by atoms with Crippen LogP contribution >= 0.6 is 0 Å². The number of nitro groups is 1. The Kier molecular flexibility index (Phi) is 4.58. The Bertz CT molecular complexity index is 725. The molecule has 0 amide bonds. The molecule has 96 valence electrons. The Morgan fingerprint density at radius 2 is 1.90 bits per heavy atom. The summed E-state index contributed by atoms with van der Waals surface area (Å²) in [5.74, 6) is 0. The van der Waals surface area contributed by atoms with E-state index in [1.807, 2.05) is 0 Å². The maximum absolute atomic E-state index is 10.6. The van der Waals surface area contributed by atoms with Crippen LogP contribution in [-0.4, -0.2) is 4.92 Å². The van der Waals surface area contributed by atoms with Crippen LogP contribution in [0.2, 0.25) is 0 Å². The van der Waals surface area contributed by atoms with E-state index in [1.165, 1.54) is 30.3 Å². The summed E-state index contributed by atoms with van der Waals surface area (Å²) in [5, 5.41) is 37.0. The number of nitrogens with zero attached hydrogens (tertiary/aromatic N) is 4. The highest BCUT2D eigenvalue weighted by Gasteiger charge is 2.09. The van der Waals surface area contributed by atoms with Crippen molar-refractivity contribution >= 4 is 11.8 Å². The van der Waals surface area contributed by atoms with Gasteiger partial charge in [-0.3, -0.25) is 10.1 Å². The van der Waals surface area contributed by atoms with Crippen LogP contribution in [0.3, 0.4) is 0 Å². The van der Waals surface area contributed by atoms with Crippen molar-refractivity contribution in [3.8, 4) is 18.2 Å². The highest BCUT2D eigenvalue weighted by atomic mass is 16.6. The third kappa shape index (κ3) is 3.19. The highest BCUT2D eigenvalue weighted by Crippen LogP contribution is 2.18. The van der Waals surface area contributed by atoms with E-state index in [4.69, 9.17) is 21.5 Å². The van der Waals surface area contributed by atoms with Gasteiger partial charge >= 0.3 is 0 Å². The van der Waals surface area contributed by atoms with E-state index in [1.54, 1.807) is 18.2 Å². The molecule has 0 radical (unpaired) electrons. The van der Waals surface area contributed by atoms with Crippen molar-refractivity contribution in [2.24, 2.45) is 5.73 Å². The second-order valence-electron chi connectivity index (χ2n) is 3.53. The molecule has 0 bridgehead atoms. The Labute approximate surface area is 114 Å². The fourth-order valence-electron chi connectivity index (χ4n) is 1.35. The number of nitriles is 3. The second kappa shape index (κ2) is 6.34. The van der Waals surface area contributed by atoms with Gasteiger partial charge in [-0.2, -0.15) is 15.8 Å². The zero-order chi connectivity index (χ0) is 15.1. The average Bonchev–Trinajstić information content (AvgIpc) is 2.46. The highest BCUT2D eigenvalue weighted by molar-refractivity contribution is 5.67. The van der Waals surface area contributed by atoms with Gasteiger partial charge in [0, 0.05) is 12.1 Å². The number of hydrogen-bond acceptors (Lipinski definition) is 6. The number of benzene rings is 1. The van der Waals surface area contributed by atoms with Gasteiger partial charge < -0.3 is 5.73 Å². The largest absolute Gasteiger partial charge is 0.396 e. The molecule has 0 aliphatic heterocycles. The van der Waals surface area contributed by atoms with Crippen molar-refractivity contribution in [1.82, 2.24) is 0 Å². The molecule has 7 nitrogen and oxygen atoms in total. The van der Waals surface area contributed by atoms with Gasteiger partial charge in [0.05, 0.1) is 16.2 Å². The van der Waals surface area contributed by atoms with Crippen LogP contribution < -0.4 is 5.73 Å². The lowest BCUT2D eigenvalue weighted by molar-refractivity contribution is -0.384. The lowest BCUT2D eigenvalue weighted by Gasteiger charge is -1.99. The van der Waals surface area contributed by atoms with Crippen LogP contribution in [0.1, 0.15) is 5.56 Å². The van der Waals surface area contributed by atoms with Gasteiger partial charge in [-0.05, 0) is 11.6 Å². The summed E-state index contributed by atoms with van der Waals surface area (Å²) >= 11 is 0. The molecular weight excluding hydrogens is 258 g/mol. The smallest absolute Gasteiger partial charge is 0.270 e. The molecule has 0 spiro atoms. The predicted molar refractivity (Wildman–Crippen MR) is 69.1 cm³/mol. The van der Waals surface area contributed by atoms with Gasteiger partial charge in [-0.1, -0.05) is 12.1 Å². The average molecular weight is 265 g/mol. The summed E-state index contributed by atoms with van der Waals surface area (Å²) in [4.78, 5) is 10.1. The molecule has 0 aromatic heterocycles. The van der Waals surface area contributed by atoms with Crippen LogP contribution in [0.25, 0.3) is 6.08 Å². The van der Waals surface area contributed by atoms with Crippen LogP contribution in [0.15, 0.2) is 41.1 Å². The van der Waals surface area contributed by atoms with Gasteiger partial charge in [0.2, 0.25) is 0 Å². The molecule has 0 saturated heterocycles. The fourth-order valence-corrected chi connectivity index (χ4v) is 1.35. The third-order valence-corrected chi connectivity index (χ3v) is 2.30. The SMILES string of the molecule is N#CC(C#N)=C(N)/C(C#N)=C\c1cccc([N+](=O)[O-])c1. The zero-order valence-electron chi connectivity index (χ0n) is 10.1. The van der Waals surface area contributed by atoms with Crippen LogP contribution in [0.5, 0.6) is 0 Å². The van der Waals surface area contributed by atoms with Crippen LogP contribution in [0.4, 0.5) is 5.69 Å². The maximum atomic E-state index is 10.6. The second-order valence-corrected chi connectivity index (χ2v) is 3.53.